The largest absolute Gasteiger partial charge is 0.352 e. The number of carbonyl (C=O) groups excluding carboxylic acids is 1. The summed E-state index contributed by atoms with van der Waals surface area (Å²) in [5, 5.41) is 3.49. The fourth-order valence-electron chi connectivity index (χ4n) is 2.77. The molecule has 1 amide bonds. The maximum atomic E-state index is 12.3. The Morgan fingerprint density at radius 2 is 1.54 bits per heavy atom. The van der Waals surface area contributed by atoms with E-state index in [9.17, 15) is 4.79 Å². The van der Waals surface area contributed by atoms with Crippen molar-refractivity contribution >= 4 is 17.5 Å². The lowest BCUT2D eigenvalue weighted by atomic mass is 9.99. The molecule has 3 N–H and O–H groups in total. The Kier molecular flexibility index (Phi) is 6.05. The average Bonchev–Trinajstić information content (AvgIpc) is 2.69. The van der Waals surface area contributed by atoms with Crippen LogP contribution in [0.15, 0.2) is 72.8 Å². The van der Waals surface area contributed by atoms with Gasteiger partial charge in [0.25, 0.3) is 5.91 Å². The summed E-state index contributed by atoms with van der Waals surface area (Å²) in [5.41, 5.74) is 10.2. The van der Waals surface area contributed by atoms with Gasteiger partial charge in [0.05, 0.1) is 0 Å². The van der Waals surface area contributed by atoms with E-state index in [1.54, 1.807) is 12.1 Å². The van der Waals surface area contributed by atoms with Crippen molar-refractivity contribution in [1.82, 2.24) is 5.32 Å². The lowest BCUT2D eigenvalue weighted by Gasteiger charge is -2.10. The highest BCUT2D eigenvalue weighted by Crippen LogP contribution is 2.30. The Hall–Kier alpha value is -2.62. The molecule has 0 heterocycles. The van der Waals surface area contributed by atoms with Crippen molar-refractivity contribution in [2.24, 2.45) is 5.73 Å². The SMILES string of the molecule is NCCCNC(=O)c1ccc(Cl)c(-c2ccc(-c3ccccc3)cc2)c1. The number of nitrogens with one attached hydrogen (secondary N) is 1. The molecular weight excluding hydrogens is 344 g/mol. The number of carbonyl (C=O) groups is 1. The van der Waals surface area contributed by atoms with Crippen molar-refractivity contribution in [1.29, 1.82) is 0 Å². The summed E-state index contributed by atoms with van der Waals surface area (Å²) in [6.45, 7) is 1.12. The van der Waals surface area contributed by atoms with Gasteiger partial charge in [0.2, 0.25) is 0 Å². The first-order valence-corrected chi connectivity index (χ1v) is 9.00. The molecule has 0 atom stereocenters. The second kappa shape index (κ2) is 8.65. The van der Waals surface area contributed by atoms with Crippen molar-refractivity contribution in [2.45, 2.75) is 6.42 Å². The van der Waals surface area contributed by atoms with Gasteiger partial charge in [0, 0.05) is 22.7 Å². The van der Waals surface area contributed by atoms with Gasteiger partial charge in [-0.15, -0.1) is 0 Å². The number of hydrogen-bond donors (Lipinski definition) is 2. The third kappa shape index (κ3) is 4.31. The molecule has 0 unspecified atom stereocenters. The summed E-state index contributed by atoms with van der Waals surface area (Å²) in [7, 11) is 0. The number of hydrogen-bond acceptors (Lipinski definition) is 2. The van der Waals surface area contributed by atoms with E-state index in [4.69, 9.17) is 17.3 Å². The van der Waals surface area contributed by atoms with Crippen LogP contribution < -0.4 is 11.1 Å². The molecule has 132 valence electrons. The fraction of sp³-hybridized carbons (Fsp3) is 0.136. The van der Waals surface area contributed by atoms with Crippen LogP contribution in [0.3, 0.4) is 0 Å². The van der Waals surface area contributed by atoms with Gasteiger partial charge in [0.1, 0.15) is 0 Å². The maximum Gasteiger partial charge on any atom is 0.251 e. The molecule has 0 aromatic heterocycles. The fourth-order valence-corrected chi connectivity index (χ4v) is 2.99. The molecule has 0 aliphatic heterocycles. The van der Waals surface area contributed by atoms with Gasteiger partial charge in [0.15, 0.2) is 0 Å². The molecule has 3 aromatic carbocycles. The van der Waals surface area contributed by atoms with Crippen LogP contribution in [0, 0.1) is 0 Å². The molecule has 3 nitrogen and oxygen atoms in total. The van der Waals surface area contributed by atoms with E-state index in [0.29, 0.717) is 23.7 Å². The Morgan fingerprint density at radius 3 is 2.23 bits per heavy atom. The summed E-state index contributed by atoms with van der Waals surface area (Å²) in [6, 6.07) is 23.7. The van der Waals surface area contributed by atoms with Gasteiger partial charge in [-0.05, 0) is 47.9 Å². The van der Waals surface area contributed by atoms with E-state index in [0.717, 1.165) is 28.7 Å². The predicted molar refractivity (Wildman–Crippen MR) is 108 cm³/mol. The Balaban J connectivity index is 1.84. The van der Waals surface area contributed by atoms with Crippen LogP contribution in [0.2, 0.25) is 5.02 Å². The molecule has 0 fully saturated rings. The normalized spacial score (nSPS) is 10.5. The van der Waals surface area contributed by atoms with E-state index < -0.39 is 0 Å². The van der Waals surface area contributed by atoms with Crippen LogP contribution in [0.1, 0.15) is 16.8 Å². The summed E-state index contributed by atoms with van der Waals surface area (Å²) in [4.78, 5) is 12.3. The van der Waals surface area contributed by atoms with Crippen LogP contribution in [-0.2, 0) is 0 Å². The molecule has 0 aliphatic rings. The van der Waals surface area contributed by atoms with E-state index in [2.05, 4.69) is 29.6 Å². The molecule has 4 heteroatoms. The Morgan fingerprint density at radius 1 is 0.885 bits per heavy atom. The number of benzene rings is 3. The third-order valence-electron chi connectivity index (χ3n) is 4.20. The van der Waals surface area contributed by atoms with Crippen LogP contribution in [0.5, 0.6) is 0 Å². The Bertz CT molecular complexity index is 876. The van der Waals surface area contributed by atoms with Gasteiger partial charge >= 0.3 is 0 Å². The van der Waals surface area contributed by atoms with E-state index in [-0.39, 0.29) is 5.91 Å². The molecule has 3 rings (SSSR count). The van der Waals surface area contributed by atoms with Crippen LogP contribution in [0.25, 0.3) is 22.3 Å². The summed E-state index contributed by atoms with van der Waals surface area (Å²) in [6.07, 6.45) is 0.757. The molecule has 0 bridgehead atoms. The van der Waals surface area contributed by atoms with Crippen molar-refractivity contribution in [3.63, 3.8) is 0 Å². The van der Waals surface area contributed by atoms with Crippen LogP contribution >= 0.6 is 11.6 Å². The van der Waals surface area contributed by atoms with Crippen molar-refractivity contribution in [3.8, 4) is 22.3 Å². The van der Waals surface area contributed by atoms with E-state index >= 15 is 0 Å². The highest BCUT2D eigenvalue weighted by Gasteiger charge is 2.10. The van der Waals surface area contributed by atoms with Gasteiger partial charge in [-0.2, -0.15) is 0 Å². The monoisotopic (exact) mass is 364 g/mol. The molecule has 3 aromatic rings. The quantitative estimate of drug-likeness (QED) is 0.620. The van der Waals surface area contributed by atoms with E-state index in [1.807, 2.05) is 36.4 Å². The Labute approximate surface area is 158 Å². The smallest absolute Gasteiger partial charge is 0.251 e. The number of halogens is 1. The lowest BCUT2D eigenvalue weighted by Crippen LogP contribution is -2.25. The van der Waals surface area contributed by atoms with Crippen LogP contribution in [0.4, 0.5) is 0 Å². The van der Waals surface area contributed by atoms with Crippen molar-refractivity contribution < 1.29 is 4.79 Å². The molecule has 0 radical (unpaired) electrons. The van der Waals surface area contributed by atoms with Gasteiger partial charge in [-0.1, -0.05) is 66.2 Å². The second-order valence-corrected chi connectivity index (χ2v) is 6.44. The lowest BCUT2D eigenvalue weighted by molar-refractivity contribution is 0.0953. The van der Waals surface area contributed by atoms with Gasteiger partial charge < -0.3 is 11.1 Å². The first kappa shape index (κ1) is 18.2. The van der Waals surface area contributed by atoms with Crippen LogP contribution in [-0.4, -0.2) is 19.0 Å². The van der Waals surface area contributed by atoms with Crippen molar-refractivity contribution in [2.75, 3.05) is 13.1 Å². The minimum Gasteiger partial charge on any atom is -0.352 e. The minimum atomic E-state index is -0.114. The zero-order valence-electron chi connectivity index (χ0n) is 14.4. The first-order chi connectivity index (χ1) is 12.7. The number of amides is 1. The zero-order chi connectivity index (χ0) is 18.4. The number of nitrogens with two attached hydrogens (primary N) is 1. The second-order valence-electron chi connectivity index (χ2n) is 6.04. The molecule has 26 heavy (non-hydrogen) atoms. The molecule has 0 aliphatic carbocycles. The number of rotatable bonds is 6. The summed E-state index contributed by atoms with van der Waals surface area (Å²) >= 11 is 6.37. The molecule has 0 saturated carbocycles. The van der Waals surface area contributed by atoms with Gasteiger partial charge in [-0.3, -0.25) is 4.79 Å². The highest BCUT2D eigenvalue weighted by molar-refractivity contribution is 6.33. The molecule has 0 saturated heterocycles. The molecular formula is C22H21ClN2O. The molecule has 0 spiro atoms. The topological polar surface area (TPSA) is 55.1 Å². The van der Waals surface area contributed by atoms with E-state index in [1.165, 1.54) is 0 Å². The third-order valence-corrected chi connectivity index (χ3v) is 4.53. The summed E-state index contributed by atoms with van der Waals surface area (Å²) < 4.78 is 0. The van der Waals surface area contributed by atoms with Crippen molar-refractivity contribution in [3.05, 3.63) is 83.4 Å². The zero-order valence-corrected chi connectivity index (χ0v) is 15.2. The van der Waals surface area contributed by atoms with Gasteiger partial charge in [-0.25, -0.2) is 0 Å². The first-order valence-electron chi connectivity index (χ1n) is 8.62. The minimum absolute atomic E-state index is 0.114. The average molecular weight is 365 g/mol. The predicted octanol–water partition coefficient (Wildman–Crippen LogP) is 4.75. The highest BCUT2D eigenvalue weighted by atomic mass is 35.5. The maximum absolute atomic E-state index is 12.3. The summed E-state index contributed by atoms with van der Waals surface area (Å²) in [5.74, 6) is -0.114. The standard InChI is InChI=1S/C22H21ClN2O/c23-21-12-11-19(22(26)25-14-4-13-24)15-20(21)18-9-7-17(8-10-18)16-5-2-1-3-6-16/h1-3,5-12,15H,4,13-14,24H2,(H,25,26).